The molecular formula is C13H18N2O4S2. The standard InChI is InChI=1S/C13H18N2O4S2/c1-11(20(2)17)8-15-21(18,19)13-7-12(9-14-10-13)5-3-4-6-16/h7,9-11,15-16H,4,6,8H2,1-2H3. The first-order valence-electron chi connectivity index (χ1n) is 6.23. The molecule has 1 aromatic rings. The van der Waals surface area contributed by atoms with Gasteiger partial charge in [0.2, 0.25) is 10.0 Å². The van der Waals surface area contributed by atoms with Gasteiger partial charge in [0.15, 0.2) is 0 Å². The second kappa shape index (κ2) is 8.24. The topological polar surface area (TPSA) is 96.4 Å². The average molecular weight is 330 g/mol. The number of nitrogens with zero attached hydrogens (tertiary/aromatic N) is 1. The molecule has 0 aromatic carbocycles. The van der Waals surface area contributed by atoms with E-state index >= 15 is 0 Å². The zero-order chi connectivity index (χ0) is 15.9. The summed E-state index contributed by atoms with van der Waals surface area (Å²) in [6.45, 7) is 1.74. The third kappa shape index (κ3) is 5.93. The van der Waals surface area contributed by atoms with Crippen molar-refractivity contribution in [3.8, 4) is 11.8 Å². The smallest absolute Gasteiger partial charge is 0.242 e. The van der Waals surface area contributed by atoms with Crippen molar-refractivity contribution in [1.82, 2.24) is 9.71 Å². The van der Waals surface area contributed by atoms with Crippen molar-refractivity contribution in [2.45, 2.75) is 23.5 Å². The monoisotopic (exact) mass is 330 g/mol. The molecule has 6 nitrogen and oxygen atoms in total. The summed E-state index contributed by atoms with van der Waals surface area (Å²) in [7, 11) is -4.81. The van der Waals surface area contributed by atoms with E-state index in [1.807, 2.05) is 0 Å². The first kappa shape index (κ1) is 17.8. The van der Waals surface area contributed by atoms with Gasteiger partial charge in [-0.1, -0.05) is 11.8 Å². The Bertz CT molecular complexity index is 662. The lowest BCUT2D eigenvalue weighted by Gasteiger charge is -2.10. The molecule has 0 amide bonds. The molecule has 0 spiro atoms. The minimum absolute atomic E-state index is 0.00684. The summed E-state index contributed by atoms with van der Waals surface area (Å²) in [5, 5.41) is 8.37. The molecule has 2 N–H and O–H groups in total. The lowest BCUT2D eigenvalue weighted by molar-refractivity contribution is 0.305. The van der Waals surface area contributed by atoms with Gasteiger partial charge in [-0.2, -0.15) is 0 Å². The zero-order valence-electron chi connectivity index (χ0n) is 11.9. The van der Waals surface area contributed by atoms with Crippen molar-refractivity contribution in [2.75, 3.05) is 19.4 Å². The highest BCUT2D eigenvalue weighted by Crippen LogP contribution is 2.09. The minimum Gasteiger partial charge on any atom is -0.395 e. The van der Waals surface area contributed by atoms with Crippen LogP contribution >= 0.6 is 0 Å². The molecule has 0 saturated carbocycles. The Hall–Kier alpha value is -1.27. The molecule has 1 rings (SSSR count). The van der Waals surface area contributed by atoms with E-state index < -0.39 is 20.8 Å². The van der Waals surface area contributed by atoms with Crippen molar-refractivity contribution in [1.29, 1.82) is 0 Å². The number of aromatic nitrogens is 1. The van der Waals surface area contributed by atoms with Crippen LogP contribution in [0.15, 0.2) is 23.4 Å². The zero-order valence-corrected chi connectivity index (χ0v) is 13.5. The second-order valence-electron chi connectivity index (χ2n) is 4.35. The Morgan fingerprint density at radius 2 is 2.19 bits per heavy atom. The maximum atomic E-state index is 12.1. The summed E-state index contributed by atoms with van der Waals surface area (Å²) in [4.78, 5) is 3.85. The Labute approximate surface area is 127 Å². The first-order valence-corrected chi connectivity index (χ1v) is 9.34. The summed E-state index contributed by atoms with van der Waals surface area (Å²) in [5.41, 5.74) is 0.457. The number of aliphatic hydroxyl groups excluding tert-OH is 1. The summed E-state index contributed by atoms with van der Waals surface area (Å²) in [6, 6.07) is 1.41. The molecule has 1 heterocycles. The van der Waals surface area contributed by atoms with E-state index in [1.54, 1.807) is 6.92 Å². The lowest BCUT2D eigenvalue weighted by atomic mass is 10.3. The number of rotatable bonds is 6. The first-order chi connectivity index (χ1) is 9.86. The molecule has 21 heavy (non-hydrogen) atoms. The number of sulfonamides is 1. The molecule has 0 bridgehead atoms. The van der Waals surface area contributed by atoms with Gasteiger partial charge in [-0.3, -0.25) is 9.19 Å². The summed E-state index contributed by atoms with van der Waals surface area (Å²) < 4.78 is 37.8. The highest BCUT2D eigenvalue weighted by molar-refractivity contribution is 7.89. The largest absolute Gasteiger partial charge is 0.395 e. The highest BCUT2D eigenvalue weighted by atomic mass is 32.2. The molecule has 8 heteroatoms. The van der Waals surface area contributed by atoms with Gasteiger partial charge >= 0.3 is 0 Å². The van der Waals surface area contributed by atoms with Crippen molar-refractivity contribution in [2.24, 2.45) is 0 Å². The molecule has 116 valence electrons. The highest BCUT2D eigenvalue weighted by Gasteiger charge is 2.17. The van der Waals surface area contributed by atoms with Gasteiger partial charge in [0, 0.05) is 53.2 Å². The van der Waals surface area contributed by atoms with Crippen LogP contribution in [0.25, 0.3) is 0 Å². The predicted octanol–water partition coefficient (Wildman–Crippen LogP) is -0.139. The SMILES string of the molecule is CC(CNS(=O)(=O)c1cncc(C#CCCO)c1)S(C)=O. The fourth-order valence-electron chi connectivity index (χ4n) is 1.28. The van der Waals surface area contributed by atoms with Gasteiger partial charge in [0.05, 0.1) is 6.61 Å². The lowest BCUT2D eigenvalue weighted by Crippen LogP contribution is -2.32. The van der Waals surface area contributed by atoms with E-state index in [9.17, 15) is 12.6 Å². The van der Waals surface area contributed by atoms with E-state index in [0.717, 1.165) is 0 Å². The predicted molar refractivity (Wildman–Crippen MR) is 81.5 cm³/mol. The number of pyridine rings is 1. The fraction of sp³-hybridized carbons (Fsp3) is 0.462. The normalized spacial score (nSPS) is 14.0. The van der Waals surface area contributed by atoms with Crippen LogP contribution in [0.2, 0.25) is 0 Å². The maximum absolute atomic E-state index is 12.1. The molecule has 1 aromatic heterocycles. The molecular weight excluding hydrogens is 312 g/mol. The summed E-state index contributed by atoms with van der Waals surface area (Å²) >= 11 is 0. The van der Waals surface area contributed by atoms with Gasteiger partial charge in [-0.05, 0) is 13.0 Å². The van der Waals surface area contributed by atoms with E-state index in [0.29, 0.717) is 12.0 Å². The molecule has 0 saturated heterocycles. The van der Waals surface area contributed by atoms with Crippen LogP contribution in [0.4, 0.5) is 0 Å². The number of nitrogens with one attached hydrogen (secondary N) is 1. The Kier molecular flexibility index (Phi) is 6.98. The second-order valence-corrected chi connectivity index (χ2v) is 7.91. The van der Waals surface area contributed by atoms with E-state index in [-0.39, 0.29) is 23.3 Å². The maximum Gasteiger partial charge on any atom is 0.242 e. The summed E-state index contributed by atoms with van der Waals surface area (Å²) in [5.74, 6) is 5.43. The molecule has 2 unspecified atom stereocenters. The third-order valence-electron chi connectivity index (χ3n) is 2.62. The van der Waals surface area contributed by atoms with Crippen LogP contribution in [0.1, 0.15) is 18.9 Å². The van der Waals surface area contributed by atoms with Crippen molar-refractivity contribution in [3.63, 3.8) is 0 Å². The van der Waals surface area contributed by atoms with Crippen LogP contribution < -0.4 is 4.72 Å². The van der Waals surface area contributed by atoms with Crippen molar-refractivity contribution < 1.29 is 17.7 Å². The minimum atomic E-state index is -3.71. The fourth-order valence-corrected chi connectivity index (χ4v) is 2.82. The quantitative estimate of drug-likeness (QED) is 0.708. The van der Waals surface area contributed by atoms with Gasteiger partial charge in [0.25, 0.3) is 0 Å². The number of aliphatic hydroxyl groups is 1. The molecule has 0 radical (unpaired) electrons. The Morgan fingerprint density at radius 3 is 2.81 bits per heavy atom. The Morgan fingerprint density at radius 1 is 1.48 bits per heavy atom. The average Bonchev–Trinajstić information content (AvgIpc) is 2.45. The van der Waals surface area contributed by atoms with Crippen LogP contribution in [-0.4, -0.2) is 47.4 Å². The van der Waals surface area contributed by atoms with E-state index in [1.165, 1.54) is 24.7 Å². The van der Waals surface area contributed by atoms with Crippen molar-refractivity contribution in [3.05, 3.63) is 24.0 Å². The van der Waals surface area contributed by atoms with Crippen LogP contribution in [0, 0.1) is 11.8 Å². The third-order valence-corrected chi connectivity index (χ3v) is 5.31. The van der Waals surface area contributed by atoms with Gasteiger partial charge in [0.1, 0.15) is 4.90 Å². The van der Waals surface area contributed by atoms with Gasteiger partial charge < -0.3 is 5.11 Å². The van der Waals surface area contributed by atoms with Crippen LogP contribution in [0.5, 0.6) is 0 Å². The van der Waals surface area contributed by atoms with Gasteiger partial charge in [-0.15, -0.1) is 0 Å². The van der Waals surface area contributed by atoms with Crippen LogP contribution in [-0.2, 0) is 20.8 Å². The molecule has 0 aliphatic carbocycles. The van der Waals surface area contributed by atoms with E-state index in [4.69, 9.17) is 5.11 Å². The Balaban J connectivity index is 2.87. The molecule has 0 aliphatic heterocycles. The molecule has 0 aliphatic rings. The van der Waals surface area contributed by atoms with Crippen molar-refractivity contribution >= 4 is 20.8 Å². The van der Waals surface area contributed by atoms with Crippen LogP contribution in [0.3, 0.4) is 0 Å². The number of hydrogen-bond acceptors (Lipinski definition) is 5. The number of hydrogen-bond donors (Lipinski definition) is 2. The van der Waals surface area contributed by atoms with Gasteiger partial charge in [-0.25, -0.2) is 13.1 Å². The van der Waals surface area contributed by atoms with E-state index in [2.05, 4.69) is 21.5 Å². The molecule has 2 atom stereocenters. The molecule has 0 fully saturated rings. The summed E-state index contributed by atoms with van der Waals surface area (Å²) in [6.07, 6.45) is 4.52.